The molecule has 9 heteroatoms. The van der Waals surface area contributed by atoms with Crippen LogP contribution in [0.2, 0.25) is 0 Å². The van der Waals surface area contributed by atoms with Crippen molar-refractivity contribution in [2.24, 2.45) is 5.92 Å². The number of nitrogens with zero attached hydrogens (tertiary/aromatic N) is 1. The molecule has 2 aromatic rings. The summed E-state index contributed by atoms with van der Waals surface area (Å²) < 4.78 is 20.9. The zero-order valence-electron chi connectivity index (χ0n) is 16.3. The lowest BCUT2D eigenvalue weighted by Gasteiger charge is -2.19. The van der Waals surface area contributed by atoms with Crippen LogP contribution in [0.5, 0.6) is 17.2 Å². The summed E-state index contributed by atoms with van der Waals surface area (Å²) in [5.74, 6) is -0.264. The summed E-state index contributed by atoms with van der Waals surface area (Å²) in [5, 5.41) is 2.63. The number of anilines is 2. The predicted octanol–water partition coefficient (Wildman–Crippen LogP) is 1.96. The lowest BCUT2D eigenvalue weighted by molar-refractivity contribution is -0.151. The fourth-order valence-electron chi connectivity index (χ4n) is 3.38. The minimum Gasteiger partial charge on any atom is -0.495 e. The van der Waals surface area contributed by atoms with E-state index in [1.165, 1.54) is 12.0 Å². The molecule has 0 aromatic heterocycles. The summed E-state index contributed by atoms with van der Waals surface area (Å²) in [4.78, 5) is 38.4. The predicted molar refractivity (Wildman–Crippen MR) is 106 cm³/mol. The average molecular weight is 412 g/mol. The van der Waals surface area contributed by atoms with Gasteiger partial charge in [-0.05, 0) is 24.3 Å². The van der Waals surface area contributed by atoms with Crippen LogP contribution in [-0.2, 0) is 19.1 Å². The molecule has 0 radical (unpaired) electrons. The first kappa shape index (κ1) is 19.6. The molecule has 0 unspecified atom stereocenters. The van der Waals surface area contributed by atoms with Crippen molar-refractivity contribution >= 4 is 29.2 Å². The van der Waals surface area contributed by atoms with Gasteiger partial charge in [0.05, 0.1) is 18.7 Å². The fraction of sp³-hybridized carbons (Fsp3) is 0.286. The summed E-state index contributed by atoms with van der Waals surface area (Å²) in [6.07, 6.45) is 0.0145. The van der Waals surface area contributed by atoms with Crippen LogP contribution in [-0.4, -0.2) is 44.8 Å². The molecule has 2 amide bonds. The van der Waals surface area contributed by atoms with Crippen molar-refractivity contribution < 1.29 is 33.3 Å². The highest BCUT2D eigenvalue weighted by Crippen LogP contribution is 2.34. The van der Waals surface area contributed by atoms with Crippen molar-refractivity contribution in [1.29, 1.82) is 0 Å². The molecule has 4 rings (SSSR count). The van der Waals surface area contributed by atoms with E-state index in [0.717, 1.165) is 0 Å². The number of ether oxygens (including phenoxy) is 4. The monoisotopic (exact) mass is 412 g/mol. The minimum absolute atomic E-state index is 0.0145. The van der Waals surface area contributed by atoms with E-state index in [4.69, 9.17) is 18.9 Å². The van der Waals surface area contributed by atoms with Gasteiger partial charge in [0.2, 0.25) is 12.7 Å². The number of para-hydroxylation sites is 2. The van der Waals surface area contributed by atoms with Crippen LogP contribution >= 0.6 is 0 Å². The Morgan fingerprint density at radius 3 is 2.80 bits per heavy atom. The smallest absolute Gasteiger partial charge is 0.311 e. The molecular weight excluding hydrogens is 392 g/mol. The summed E-state index contributed by atoms with van der Waals surface area (Å²) in [7, 11) is 1.52. The maximum atomic E-state index is 12.4. The highest BCUT2D eigenvalue weighted by Gasteiger charge is 2.37. The van der Waals surface area contributed by atoms with E-state index in [2.05, 4.69) is 5.32 Å². The van der Waals surface area contributed by atoms with E-state index in [-0.39, 0.29) is 25.7 Å². The maximum Gasteiger partial charge on any atom is 0.311 e. The van der Waals surface area contributed by atoms with Crippen molar-refractivity contribution in [2.75, 3.05) is 37.3 Å². The number of esters is 1. The van der Waals surface area contributed by atoms with Crippen LogP contribution in [0.4, 0.5) is 11.4 Å². The second kappa shape index (κ2) is 8.32. The molecule has 1 atom stereocenters. The molecule has 1 N–H and O–H groups in total. The quantitative estimate of drug-likeness (QED) is 0.724. The van der Waals surface area contributed by atoms with Crippen molar-refractivity contribution in [3.63, 3.8) is 0 Å². The molecule has 2 aromatic carbocycles. The maximum absolute atomic E-state index is 12.4. The zero-order valence-corrected chi connectivity index (χ0v) is 16.3. The van der Waals surface area contributed by atoms with Gasteiger partial charge in [-0.25, -0.2) is 0 Å². The van der Waals surface area contributed by atoms with Crippen LogP contribution in [0.1, 0.15) is 6.42 Å². The third-order valence-corrected chi connectivity index (χ3v) is 4.84. The van der Waals surface area contributed by atoms with Crippen molar-refractivity contribution in [3.8, 4) is 17.2 Å². The molecule has 156 valence electrons. The number of nitrogens with one attached hydrogen (secondary N) is 1. The van der Waals surface area contributed by atoms with Gasteiger partial charge in [0.1, 0.15) is 5.75 Å². The number of amides is 2. The Labute approximate surface area is 172 Å². The van der Waals surface area contributed by atoms with Crippen molar-refractivity contribution in [1.82, 2.24) is 0 Å². The summed E-state index contributed by atoms with van der Waals surface area (Å²) in [6, 6.07) is 12.1. The summed E-state index contributed by atoms with van der Waals surface area (Å²) >= 11 is 0. The first-order valence-corrected chi connectivity index (χ1v) is 9.34. The Morgan fingerprint density at radius 2 is 1.97 bits per heavy atom. The summed E-state index contributed by atoms with van der Waals surface area (Å²) in [6.45, 7) is -0.148. The molecule has 2 aliphatic rings. The number of hydrogen-bond acceptors (Lipinski definition) is 7. The van der Waals surface area contributed by atoms with Crippen molar-refractivity contribution in [2.45, 2.75) is 6.42 Å². The third kappa shape index (κ3) is 4.00. The van der Waals surface area contributed by atoms with E-state index in [1.807, 2.05) is 0 Å². The van der Waals surface area contributed by atoms with Gasteiger partial charge in [0.15, 0.2) is 18.1 Å². The molecule has 0 spiro atoms. The molecule has 0 aliphatic carbocycles. The van der Waals surface area contributed by atoms with E-state index in [0.29, 0.717) is 28.6 Å². The number of rotatable bonds is 6. The van der Waals surface area contributed by atoms with Crippen LogP contribution in [0.15, 0.2) is 42.5 Å². The van der Waals surface area contributed by atoms with Gasteiger partial charge in [-0.3, -0.25) is 14.4 Å². The highest BCUT2D eigenvalue weighted by molar-refractivity contribution is 6.01. The van der Waals surface area contributed by atoms with E-state index < -0.39 is 24.4 Å². The Kier molecular flexibility index (Phi) is 5.42. The lowest BCUT2D eigenvalue weighted by Crippen LogP contribution is -2.28. The van der Waals surface area contributed by atoms with Gasteiger partial charge >= 0.3 is 5.97 Å². The number of fused-ring (bicyclic) bond motifs is 1. The molecule has 2 aliphatic heterocycles. The molecule has 9 nitrogen and oxygen atoms in total. The zero-order chi connectivity index (χ0) is 21.1. The first-order chi connectivity index (χ1) is 14.5. The molecular formula is C21H20N2O7. The molecule has 0 bridgehead atoms. The van der Waals surface area contributed by atoms with Crippen LogP contribution < -0.4 is 24.4 Å². The fourth-order valence-corrected chi connectivity index (χ4v) is 3.38. The molecule has 1 saturated heterocycles. The van der Waals surface area contributed by atoms with Gasteiger partial charge in [-0.1, -0.05) is 12.1 Å². The SMILES string of the molecule is COc1ccccc1N1C[C@H](C(=O)OCC(=O)Nc2ccc3c(c2)OCO3)CC1=O. The van der Waals surface area contributed by atoms with E-state index >= 15 is 0 Å². The number of methoxy groups -OCH3 is 1. The Morgan fingerprint density at radius 1 is 1.17 bits per heavy atom. The Balaban J connectivity index is 1.31. The molecule has 1 fully saturated rings. The normalized spacial score (nSPS) is 17.0. The first-order valence-electron chi connectivity index (χ1n) is 9.34. The molecule has 0 saturated carbocycles. The van der Waals surface area contributed by atoms with Crippen LogP contribution in [0.3, 0.4) is 0 Å². The second-order valence-corrected chi connectivity index (χ2v) is 6.80. The third-order valence-electron chi connectivity index (χ3n) is 4.84. The van der Waals surface area contributed by atoms with E-state index in [1.54, 1.807) is 42.5 Å². The van der Waals surface area contributed by atoms with Crippen LogP contribution in [0, 0.1) is 5.92 Å². The number of carbonyl (C=O) groups excluding carboxylic acids is 3. The number of hydrogen-bond donors (Lipinski definition) is 1. The average Bonchev–Trinajstić information content (AvgIpc) is 3.38. The minimum atomic E-state index is -0.652. The number of carbonyl (C=O) groups is 3. The molecule has 30 heavy (non-hydrogen) atoms. The van der Waals surface area contributed by atoms with Gasteiger partial charge in [0, 0.05) is 24.7 Å². The number of benzene rings is 2. The highest BCUT2D eigenvalue weighted by atomic mass is 16.7. The van der Waals surface area contributed by atoms with Gasteiger partial charge in [-0.2, -0.15) is 0 Å². The topological polar surface area (TPSA) is 103 Å². The van der Waals surface area contributed by atoms with E-state index in [9.17, 15) is 14.4 Å². The molecule has 2 heterocycles. The Hall–Kier alpha value is -3.75. The largest absolute Gasteiger partial charge is 0.495 e. The van der Waals surface area contributed by atoms with Crippen molar-refractivity contribution in [3.05, 3.63) is 42.5 Å². The lowest BCUT2D eigenvalue weighted by atomic mass is 10.1. The van der Waals surface area contributed by atoms with Gasteiger partial charge < -0.3 is 29.2 Å². The summed E-state index contributed by atoms with van der Waals surface area (Å²) in [5.41, 5.74) is 1.10. The Bertz CT molecular complexity index is 991. The standard InChI is InChI=1S/C21H20N2O7/c1-27-16-5-3-2-4-15(16)23-10-13(8-20(23)25)21(26)28-11-19(24)22-14-6-7-17-18(9-14)30-12-29-17/h2-7,9,13H,8,10-12H2,1H3,(H,22,24)/t13-/m1/s1. The van der Waals surface area contributed by atoms with Gasteiger partial charge in [0.25, 0.3) is 5.91 Å². The van der Waals surface area contributed by atoms with Crippen LogP contribution in [0.25, 0.3) is 0 Å². The second-order valence-electron chi connectivity index (χ2n) is 6.80. The van der Waals surface area contributed by atoms with Gasteiger partial charge in [-0.15, -0.1) is 0 Å².